The maximum absolute atomic E-state index is 13.1. The molecule has 0 spiro atoms. The van der Waals surface area contributed by atoms with E-state index in [0.717, 1.165) is 12.0 Å². The van der Waals surface area contributed by atoms with Crippen LogP contribution >= 0.6 is 0 Å². The molecule has 1 amide bonds. The number of benzene rings is 1. The molecule has 0 aliphatic carbocycles. The third-order valence-corrected chi connectivity index (χ3v) is 2.86. The second kappa shape index (κ2) is 4.61. The van der Waals surface area contributed by atoms with E-state index in [0.29, 0.717) is 18.5 Å². The minimum absolute atomic E-state index is 0.0708. The molecule has 2 rings (SSSR count). The van der Waals surface area contributed by atoms with Gasteiger partial charge in [-0.1, -0.05) is 6.42 Å². The molecule has 0 unspecified atom stereocenters. The Morgan fingerprint density at radius 3 is 2.94 bits per heavy atom. The topological polar surface area (TPSA) is 49.3 Å². The molecular formula is C12H14FNO2. The summed E-state index contributed by atoms with van der Waals surface area (Å²) in [4.78, 5) is 11.6. The van der Waals surface area contributed by atoms with E-state index in [2.05, 4.69) is 5.32 Å². The number of hydrogen-bond donors (Lipinski definition) is 2. The van der Waals surface area contributed by atoms with Gasteiger partial charge >= 0.3 is 0 Å². The number of carbonyl (C=O) groups excluding carboxylic acids is 1. The van der Waals surface area contributed by atoms with Crippen LogP contribution < -0.4 is 5.32 Å². The number of anilines is 1. The average molecular weight is 223 g/mol. The molecule has 0 bridgehead atoms. The lowest BCUT2D eigenvalue weighted by atomic mass is 9.95. The monoisotopic (exact) mass is 223 g/mol. The molecule has 1 aliphatic heterocycles. The van der Waals surface area contributed by atoms with Gasteiger partial charge < -0.3 is 10.4 Å². The Morgan fingerprint density at radius 1 is 1.38 bits per heavy atom. The van der Waals surface area contributed by atoms with E-state index in [1.165, 1.54) is 12.1 Å². The molecule has 0 saturated heterocycles. The Kier molecular flexibility index (Phi) is 3.19. The van der Waals surface area contributed by atoms with Crippen molar-refractivity contribution < 1.29 is 14.3 Å². The van der Waals surface area contributed by atoms with Gasteiger partial charge in [-0.2, -0.15) is 0 Å². The van der Waals surface area contributed by atoms with Gasteiger partial charge in [0.1, 0.15) is 5.82 Å². The number of carbonyl (C=O) groups is 1. The molecule has 2 N–H and O–H groups in total. The van der Waals surface area contributed by atoms with Gasteiger partial charge in [-0.15, -0.1) is 0 Å². The molecule has 1 aromatic carbocycles. The maximum atomic E-state index is 13.1. The standard InChI is InChI=1S/C12H14FNO2/c13-8-4-5-11-10(7-8)9(12(16)14-11)3-1-2-6-15/h4-5,7,9,15H,1-3,6H2,(H,14,16)/t9-/m0/s1. The molecule has 86 valence electrons. The zero-order chi connectivity index (χ0) is 11.5. The van der Waals surface area contributed by atoms with E-state index in [9.17, 15) is 9.18 Å². The van der Waals surface area contributed by atoms with Crippen molar-refractivity contribution in [3.8, 4) is 0 Å². The minimum atomic E-state index is -0.317. The summed E-state index contributed by atoms with van der Waals surface area (Å²) in [5, 5.41) is 11.4. The van der Waals surface area contributed by atoms with Crippen LogP contribution in [-0.2, 0) is 4.79 Å². The lowest BCUT2D eigenvalue weighted by molar-refractivity contribution is -0.117. The third kappa shape index (κ3) is 2.07. The van der Waals surface area contributed by atoms with E-state index in [-0.39, 0.29) is 24.2 Å². The van der Waals surface area contributed by atoms with Crippen LogP contribution in [0.5, 0.6) is 0 Å². The number of aliphatic hydroxyl groups is 1. The first-order chi connectivity index (χ1) is 7.72. The summed E-state index contributed by atoms with van der Waals surface area (Å²) in [7, 11) is 0. The zero-order valence-corrected chi connectivity index (χ0v) is 8.87. The Hall–Kier alpha value is -1.42. The first kappa shape index (κ1) is 11.1. The van der Waals surface area contributed by atoms with Crippen molar-refractivity contribution in [2.45, 2.75) is 25.2 Å². The van der Waals surface area contributed by atoms with Gasteiger partial charge in [-0.3, -0.25) is 4.79 Å². The highest BCUT2D eigenvalue weighted by Gasteiger charge is 2.29. The molecule has 0 saturated carbocycles. The van der Waals surface area contributed by atoms with Crippen molar-refractivity contribution in [1.82, 2.24) is 0 Å². The molecule has 16 heavy (non-hydrogen) atoms. The zero-order valence-electron chi connectivity index (χ0n) is 8.87. The molecular weight excluding hydrogens is 209 g/mol. The Labute approximate surface area is 93.3 Å². The molecule has 1 aliphatic rings. The van der Waals surface area contributed by atoms with Crippen LogP contribution in [0.15, 0.2) is 18.2 Å². The highest BCUT2D eigenvalue weighted by molar-refractivity contribution is 6.02. The maximum Gasteiger partial charge on any atom is 0.232 e. The van der Waals surface area contributed by atoms with Crippen molar-refractivity contribution in [3.05, 3.63) is 29.6 Å². The van der Waals surface area contributed by atoms with E-state index >= 15 is 0 Å². The number of rotatable bonds is 4. The molecule has 4 heteroatoms. The summed E-state index contributed by atoms with van der Waals surface area (Å²) in [6.45, 7) is 0.129. The van der Waals surface area contributed by atoms with Crippen molar-refractivity contribution in [3.63, 3.8) is 0 Å². The van der Waals surface area contributed by atoms with Gasteiger partial charge in [-0.05, 0) is 36.6 Å². The van der Waals surface area contributed by atoms with Crippen LogP contribution in [0.3, 0.4) is 0 Å². The first-order valence-electron chi connectivity index (χ1n) is 5.43. The van der Waals surface area contributed by atoms with Crippen LogP contribution in [0, 0.1) is 5.82 Å². The van der Waals surface area contributed by atoms with E-state index in [4.69, 9.17) is 5.11 Å². The lowest BCUT2D eigenvalue weighted by Gasteiger charge is -2.07. The third-order valence-electron chi connectivity index (χ3n) is 2.86. The minimum Gasteiger partial charge on any atom is -0.396 e. The van der Waals surface area contributed by atoms with E-state index < -0.39 is 0 Å². The first-order valence-corrected chi connectivity index (χ1v) is 5.43. The van der Waals surface area contributed by atoms with Gasteiger partial charge in [0.25, 0.3) is 0 Å². The van der Waals surface area contributed by atoms with E-state index in [1.807, 2.05) is 0 Å². The van der Waals surface area contributed by atoms with Crippen molar-refractivity contribution in [1.29, 1.82) is 0 Å². The van der Waals surface area contributed by atoms with Crippen LogP contribution in [0.2, 0.25) is 0 Å². The van der Waals surface area contributed by atoms with E-state index in [1.54, 1.807) is 6.07 Å². The Balaban J connectivity index is 2.15. The summed E-state index contributed by atoms with van der Waals surface area (Å²) in [6, 6.07) is 4.35. The molecule has 1 atom stereocenters. The second-order valence-corrected chi connectivity index (χ2v) is 3.99. The normalized spacial score (nSPS) is 18.4. The van der Waals surface area contributed by atoms with Crippen molar-refractivity contribution in [2.24, 2.45) is 0 Å². The van der Waals surface area contributed by atoms with Gasteiger partial charge in [0.05, 0.1) is 5.92 Å². The second-order valence-electron chi connectivity index (χ2n) is 3.99. The summed E-state index contributed by atoms with van der Waals surface area (Å²) in [5.74, 6) is -0.654. The SMILES string of the molecule is O=C1Nc2ccc(F)cc2[C@@H]1CCCCO. The fraction of sp³-hybridized carbons (Fsp3) is 0.417. The van der Waals surface area contributed by atoms with Gasteiger partial charge in [-0.25, -0.2) is 4.39 Å². The molecule has 0 radical (unpaired) electrons. The quantitative estimate of drug-likeness (QED) is 0.767. The summed E-state index contributed by atoms with van der Waals surface area (Å²) >= 11 is 0. The van der Waals surface area contributed by atoms with Crippen LogP contribution in [0.1, 0.15) is 30.7 Å². The van der Waals surface area contributed by atoms with Gasteiger partial charge in [0, 0.05) is 12.3 Å². The number of halogens is 1. The van der Waals surface area contributed by atoms with Crippen molar-refractivity contribution >= 4 is 11.6 Å². The smallest absolute Gasteiger partial charge is 0.232 e. The van der Waals surface area contributed by atoms with Crippen molar-refractivity contribution in [2.75, 3.05) is 11.9 Å². The van der Waals surface area contributed by atoms with Crippen LogP contribution in [0.4, 0.5) is 10.1 Å². The summed E-state index contributed by atoms with van der Waals surface area (Å²) in [5.41, 5.74) is 1.45. The fourth-order valence-corrected chi connectivity index (χ4v) is 2.04. The lowest BCUT2D eigenvalue weighted by Crippen LogP contribution is -2.12. The molecule has 0 fully saturated rings. The number of amides is 1. The highest BCUT2D eigenvalue weighted by atomic mass is 19.1. The summed E-state index contributed by atoms with van der Waals surface area (Å²) in [6.07, 6.45) is 2.10. The van der Waals surface area contributed by atoms with Gasteiger partial charge in [0.15, 0.2) is 0 Å². The van der Waals surface area contributed by atoms with Crippen LogP contribution in [0.25, 0.3) is 0 Å². The molecule has 1 heterocycles. The highest BCUT2D eigenvalue weighted by Crippen LogP contribution is 2.35. The number of unbranched alkanes of at least 4 members (excludes halogenated alkanes) is 1. The number of fused-ring (bicyclic) bond motifs is 1. The predicted octanol–water partition coefficient (Wildman–Crippen LogP) is 2.02. The largest absolute Gasteiger partial charge is 0.396 e. The average Bonchev–Trinajstić information content (AvgIpc) is 2.56. The molecule has 1 aromatic rings. The number of nitrogens with one attached hydrogen (secondary N) is 1. The molecule has 3 nitrogen and oxygen atoms in total. The Bertz CT molecular complexity index is 406. The predicted molar refractivity (Wildman–Crippen MR) is 58.7 cm³/mol. The number of aliphatic hydroxyl groups excluding tert-OH is 1. The van der Waals surface area contributed by atoms with Crippen LogP contribution in [-0.4, -0.2) is 17.6 Å². The van der Waals surface area contributed by atoms with Gasteiger partial charge in [0.2, 0.25) is 5.91 Å². The summed E-state index contributed by atoms with van der Waals surface area (Å²) < 4.78 is 13.1. The number of hydrogen-bond acceptors (Lipinski definition) is 2. The Morgan fingerprint density at radius 2 is 2.19 bits per heavy atom. The molecule has 0 aromatic heterocycles. The fourth-order valence-electron chi connectivity index (χ4n) is 2.04.